The summed E-state index contributed by atoms with van der Waals surface area (Å²) in [6.45, 7) is 2.00. The van der Waals surface area contributed by atoms with Crippen molar-refractivity contribution in [3.63, 3.8) is 0 Å². The highest BCUT2D eigenvalue weighted by atomic mass is 32.2. The molecule has 1 aromatic heterocycles. The van der Waals surface area contributed by atoms with Gasteiger partial charge in [-0.1, -0.05) is 35.6 Å². The summed E-state index contributed by atoms with van der Waals surface area (Å²) >= 11 is 6.73. The molecule has 0 unspecified atom stereocenters. The van der Waals surface area contributed by atoms with E-state index < -0.39 is 5.97 Å². The molecule has 1 aliphatic carbocycles. The van der Waals surface area contributed by atoms with E-state index in [1.807, 2.05) is 37.3 Å². The Kier molecular flexibility index (Phi) is 6.20. The van der Waals surface area contributed by atoms with Crippen molar-refractivity contribution in [1.29, 1.82) is 0 Å². The number of ether oxygens (including phenoxy) is 1. The van der Waals surface area contributed by atoms with Gasteiger partial charge in [0.15, 0.2) is 0 Å². The van der Waals surface area contributed by atoms with Crippen molar-refractivity contribution < 1.29 is 23.8 Å². The lowest BCUT2D eigenvalue weighted by Gasteiger charge is -2.32. The molecule has 0 radical (unpaired) electrons. The molecule has 8 heteroatoms. The third-order valence-electron chi connectivity index (χ3n) is 5.76. The summed E-state index contributed by atoms with van der Waals surface area (Å²) in [4.78, 5) is 26.4. The summed E-state index contributed by atoms with van der Waals surface area (Å²) in [6, 6.07) is 9.50. The van der Waals surface area contributed by atoms with E-state index in [0.29, 0.717) is 46.4 Å². The maximum atomic E-state index is 13.0. The lowest BCUT2D eigenvalue weighted by molar-refractivity contribution is -0.143. The van der Waals surface area contributed by atoms with E-state index in [2.05, 4.69) is 0 Å². The van der Waals surface area contributed by atoms with Crippen LogP contribution in [0.3, 0.4) is 0 Å². The van der Waals surface area contributed by atoms with Crippen LogP contribution in [-0.2, 0) is 9.59 Å². The maximum Gasteiger partial charge on any atom is 0.306 e. The summed E-state index contributed by atoms with van der Waals surface area (Å²) in [5.41, 5.74) is 1.94. The number of rotatable bonds is 5. The number of aryl methyl sites for hydroxylation is 1. The van der Waals surface area contributed by atoms with E-state index in [4.69, 9.17) is 21.4 Å². The summed E-state index contributed by atoms with van der Waals surface area (Å²) < 4.78 is 11.9. The fraction of sp³-hybridized carbons (Fsp3) is 0.348. The third kappa shape index (κ3) is 4.41. The number of nitrogens with zero attached hydrogens (tertiary/aromatic N) is 1. The zero-order chi connectivity index (χ0) is 22.1. The molecule has 1 aliphatic heterocycles. The molecule has 0 bridgehead atoms. The van der Waals surface area contributed by atoms with E-state index >= 15 is 0 Å². The summed E-state index contributed by atoms with van der Waals surface area (Å²) in [5, 5.41) is 9.19. The van der Waals surface area contributed by atoms with Gasteiger partial charge in [0.05, 0.1) is 23.5 Å². The highest BCUT2D eigenvalue weighted by Crippen LogP contribution is 2.39. The van der Waals surface area contributed by atoms with Gasteiger partial charge in [-0.15, -0.1) is 0 Å². The first-order valence-corrected chi connectivity index (χ1v) is 11.3. The van der Waals surface area contributed by atoms with Gasteiger partial charge in [-0.25, -0.2) is 0 Å². The first-order chi connectivity index (χ1) is 14.9. The molecule has 1 aromatic carbocycles. The van der Waals surface area contributed by atoms with E-state index in [1.54, 1.807) is 18.1 Å². The van der Waals surface area contributed by atoms with Crippen molar-refractivity contribution in [2.45, 2.75) is 38.6 Å². The lowest BCUT2D eigenvalue weighted by atomic mass is 9.85. The number of thiocarbonyl (C=S) groups is 1. The normalized spacial score (nSPS) is 22.9. The summed E-state index contributed by atoms with van der Waals surface area (Å²) in [6.07, 6.45) is 4.14. The average Bonchev–Trinajstić information content (AvgIpc) is 3.32. The lowest BCUT2D eigenvalue weighted by Crippen LogP contribution is -2.41. The topological polar surface area (TPSA) is 80.0 Å². The number of benzene rings is 1. The molecular weight excluding hydrogens is 434 g/mol. The Hall–Kier alpha value is -2.58. The van der Waals surface area contributed by atoms with Crippen LogP contribution in [0, 0.1) is 12.8 Å². The van der Waals surface area contributed by atoms with Crippen molar-refractivity contribution in [3.8, 4) is 17.1 Å². The molecule has 6 nitrogen and oxygen atoms in total. The maximum absolute atomic E-state index is 13.0. The molecule has 2 aromatic rings. The van der Waals surface area contributed by atoms with Gasteiger partial charge in [-0.2, -0.15) is 0 Å². The second-order valence-corrected chi connectivity index (χ2v) is 9.48. The number of hydrogen-bond acceptors (Lipinski definition) is 6. The number of carboxylic acid groups (broad SMARTS) is 1. The molecule has 0 spiro atoms. The van der Waals surface area contributed by atoms with E-state index in [0.717, 1.165) is 16.9 Å². The summed E-state index contributed by atoms with van der Waals surface area (Å²) in [7, 11) is 1.62. The van der Waals surface area contributed by atoms with Crippen LogP contribution in [0.1, 0.15) is 37.0 Å². The smallest absolute Gasteiger partial charge is 0.306 e. The Labute approximate surface area is 190 Å². The fourth-order valence-electron chi connectivity index (χ4n) is 4.09. The largest absolute Gasteiger partial charge is 0.496 e. The highest BCUT2D eigenvalue weighted by Gasteiger charge is 2.39. The van der Waals surface area contributed by atoms with Crippen molar-refractivity contribution in [3.05, 3.63) is 46.6 Å². The molecule has 2 fully saturated rings. The zero-order valence-corrected chi connectivity index (χ0v) is 18.9. The number of hydrogen-bond donors (Lipinski definition) is 1. The minimum absolute atomic E-state index is 0.0438. The third-order valence-corrected chi connectivity index (χ3v) is 7.09. The predicted octanol–water partition coefficient (Wildman–Crippen LogP) is 5.11. The van der Waals surface area contributed by atoms with Gasteiger partial charge in [0.2, 0.25) is 0 Å². The van der Waals surface area contributed by atoms with Crippen LogP contribution in [-0.4, -0.2) is 39.4 Å². The van der Waals surface area contributed by atoms with E-state index in [9.17, 15) is 14.7 Å². The van der Waals surface area contributed by atoms with Crippen LogP contribution >= 0.6 is 24.0 Å². The van der Waals surface area contributed by atoms with Crippen molar-refractivity contribution in [1.82, 2.24) is 4.90 Å². The molecular formula is C23H23NO5S2. The Morgan fingerprint density at radius 1 is 1.26 bits per heavy atom. The molecule has 1 saturated heterocycles. The number of aliphatic carboxylic acids is 1. The van der Waals surface area contributed by atoms with Crippen LogP contribution in [0.5, 0.6) is 5.75 Å². The molecule has 4 rings (SSSR count). The zero-order valence-electron chi connectivity index (χ0n) is 17.3. The van der Waals surface area contributed by atoms with Crippen LogP contribution in [0.25, 0.3) is 17.4 Å². The number of methoxy groups -OCH3 is 1. The van der Waals surface area contributed by atoms with Gasteiger partial charge in [0.1, 0.15) is 21.6 Å². The molecule has 1 amide bonds. The molecule has 2 aliphatic rings. The molecule has 1 N–H and O–H groups in total. The van der Waals surface area contributed by atoms with E-state index in [-0.39, 0.29) is 17.9 Å². The monoisotopic (exact) mass is 457 g/mol. The Morgan fingerprint density at radius 2 is 2.00 bits per heavy atom. The van der Waals surface area contributed by atoms with Crippen molar-refractivity contribution in [2.75, 3.05) is 7.11 Å². The van der Waals surface area contributed by atoms with Gasteiger partial charge in [0.25, 0.3) is 5.91 Å². The number of thioether (sulfide) groups is 1. The standard InChI is InChI=1S/C23H23NO5S2/c1-13-3-9-18(28-2)17(11-13)19-10-8-16(29-19)12-20-21(25)24(23(30)31-20)15-6-4-14(5-7-15)22(26)27/h3,8-12,14-15H,4-7H2,1-2H3,(H,26,27)/b20-12+. The molecule has 162 valence electrons. The number of carbonyl (C=O) groups is 2. The molecule has 1 saturated carbocycles. The molecule has 0 atom stereocenters. The minimum Gasteiger partial charge on any atom is -0.496 e. The van der Waals surface area contributed by atoms with Gasteiger partial charge in [-0.05, 0) is 56.9 Å². The Morgan fingerprint density at radius 3 is 2.68 bits per heavy atom. The van der Waals surface area contributed by atoms with Crippen LogP contribution in [0.2, 0.25) is 0 Å². The van der Waals surface area contributed by atoms with Gasteiger partial charge in [0, 0.05) is 12.1 Å². The van der Waals surface area contributed by atoms with Gasteiger partial charge in [-0.3, -0.25) is 14.5 Å². The second-order valence-electron chi connectivity index (χ2n) is 7.80. The Bertz CT molecular complexity index is 1070. The van der Waals surface area contributed by atoms with Crippen LogP contribution < -0.4 is 4.74 Å². The Balaban J connectivity index is 1.52. The number of carbonyl (C=O) groups excluding carboxylic acids is 1. The van der Waals surface area contributed by atoms with Crippen LogP contribution in [0.4, 0.5) is 0 Å². The fourth-order valence-corrected chi connectivity index (χ4v) is 5.47. The van der Waals surface area contributed by atoms with Gasteiger partial charge < -0.3 is 14.3 Å². The number of carboxylic acids is 1. The number of amides is 1. The second kappa shape index (κ2) is 8.88. The number of furan rings is 1. The predicted molar refractivity (Wildman–Crippen MR) is 124 cm³/mol. The van der Waals surface area contributed by atoms with Crippen molar-refractivity contribution >= 4 is 46.3 Å². The average molecular weight is 458 g/mol. The minimum atomic E-state index is -0.761. The quantitative estimate of drug-likeness (QED) is 0.494. The highest BCUT2D eigenvalue weighted by molar-refractivity contribution is 8.26. The van der Waals surface area contributed by atoms with Crippen molar-refractivity contribution in [2.24, 2.45) is 5.92 Å². The SMILES string of the molecule is COc1ccc(C)cc1-c1ccc(/C=C2/SC(=S)N(C3CCC(C(=O)O)CC3)C2=O)o1. The van der Waals surface area contributed by atoms with Crippen LogP contribution in [0.15, 0.2) is 39.7 Å². The molecule has 31 heavy (non-hydrogen) atoms. The summed E-state index contributed by atoms with van der Waals surface area (Å²) in [5.74, 6) is 0.713. The molecule has 2 heterocycles. The first-order valence-electron chi connectivity index (χ1n) is 10.1. The van der Waals surface area contributed by atoms with E-state index in [1.165, 1.54) is 11.8 Å². The van der Waals surface area contributed by atoms with Gasteiger partial charge >= 0.3 is 5.97 Å². The first kappa shape index (κ1) is 21.6.